The van der Waals surface area contributed by atoms with Crippen LogP contribution in [0, 0.1) is 5.41 Å². The molecule has 0 spiro atoms. The Morgan fingerprint density at radius 3 is 2.36 bits per heavy atom. The van der Waals surface area contributed by atoms with Crippen LogP contribution >= 0.6 is 0 Å². The van der Waals surface area contributed by atoms with Gasteiger partial charge >= 0.3 is 0 Å². The van der Waals surface area contributed by atoms with E-state index in [4.69, 9.17) is 10.4 Å². The first-order valence-corrected chi connectivity index (χ1v) is 11.2. The molecule has 1 saturated heterocycles. The molecule has 2 aromatic carbocycles. The Kier molecular flexibility index (Phi) is 5.86. The fourth-order valence-corrected chi connectivity index (χ4v) is 4.39. The van der Waals surface area contributed by atoms with Crippen LogP contribution in [-0.4, -0.2) is 59.0 Å². The Morgan fingerprint density at radius 1 is 0.939 bits per heavy atom. The summed E-state index contributed by atoms with van der Waals surface area (Å²) in [5, 5.41) is 9.07. The highest BCUT2D eigenvalue weighted by molar-refractivity contribution is 5.91. The predicted molar refractivity (Wildman–Crippen MR) is 131 cm³/mol. The molecule has 33 heavy (non-hydrogen) atoms. The Bertz CT molecular complexity index is 1340. The lowest BCUT2D eigenvalue weighted by atomic mass is 9.97. The van der Waals surface area contributed by atoms with E-state index in [-0.39, 0.29) is 5.49 Å². The smallest absolute Gasteiger partial charge is 0.219 e. The van der Waals surface area contributed by atoms with Crippen molar-refractivity contribution in [1.29, 1.82) is 5.41 Å². The molecule has 0 atom stereocenters. The fraction of sp³-hybridized carbons (Fsp3) is 0.222. The maximum atomic E-state index is 11.3. The zero-order valence-corrected chi connectivity index (χ0v) is 18.7. The number of nitrogens with zero attached hydrogens (tertiary/aromatic N) is 4. The van der Waals surface area contributed by atoms with Crippen LogP contribution in [0.25, 0.3) is 33.3 Å². The molecule has 166 valence electrons. The second kappa shape index (κ2) is 9.10. The molecule has 2 aromatic heterocycles. The zero-order chi connectivity index (χ0) is 22.8. The molecule has 3 heterocycles. The summed E-state index contributed by atoms with van der Waals surface area (Å²) in [6, 6.07) is 22.5. The van der Waals surface area contributed by atoms with E-state index in [1.165, 1.54) is 10.1 Å². The van der Waals surface area contributed by atoms with Gasteiger partial charge in [-0.15, -0.1) is 0 Å². The Morgan fingerprint density at radius 2 is 1.67 bits per heavy atom. The summed E-state index contributed by atoms with van der Waals surface area (Å²) >= 11 is 0. The molecule has 1 aliphatic rings. The van der Waals surface area contributed by atoms with Gasteiger partial charge in [0.05, 0.1) is 11.2 Å². The number of piperazine rings is 1. The van der Waals surface area contributed by atoms with E-state index in [1.807, 2.05) is 24.3 Å². The molecule has 6 heteroatoms. The van der Waals surface area contributed by atoms with E-state index >= 15 is 0 Å². The number of benzene rings is 2. The molecule has 0 saturated carbocycles. The number of carbonyl (C=O) groups excluding carboxylic acids is 1. The summed E-state index contributed by atoms with van der Waals surface area (Å²) in [7, 11) is 2.18. The van der Waals surface area contributed by atoms with E-state index < -0.39 is 0 Å². The predicted octanol–water partition coefficient (Wildman–Crippen LogP) is 3.64. The van der Waals surface area contributed by atoms with Gasteiger partial charge in [0.15, 0.2) is 0 Å². The van der Waals surface area contributed by atoms with Crippen LogP contribution in [0.4, 0.5) is 0 Å². The minimum Gasteiger partial charge on any atom is -0.304 e. The number of rotatable bonds is 5. The van der Waals surface area contributed by atoms with Gasteiger partial charge in [-0.2, -0.15) is 0 Å². The van der Waals surface area contributed by atoms with Crippen LogP contribution in [0.3, 0.4) is 0 Å². The van der Waals surface area contributed by atoms with E-state index in [0.717, 1.165) is 55.1 Å². The van der Waals surface area contributed by atoms with Crippen molar-refractivity contribution in [3.8, 4) is 22.4 Å². The maximum Gasteiger partial charge on any atom is 0.219 e. The number of aromatic nitrogens is 2. The Balaban J connectivity index is 1.55. The van der Waals surface area contributed by atoms with Crippen molar-refractivity contribution in [1.82, 2.24) is 19.4 Å². The largest absolute Gasteiger partial charge is 0.304 e. The minimum atomic E-state index is 0.140. The van der Waals surface area contributed by atoms with Gasteiger partial charge in [-0.1, -0.05) is 54.6 Å². The zero-order valence-electron chi connectivity index (χ0n) is 18.7. The highest BCUT2D eigenvalue weighted by Crippen LogP contribution is 2.32. The van der Waals surface area contributed by atoms with Crippen molar-refractivity contribution in [2.24, 2.45) is 0 Å². The lowest BCUT2D eigenvalue weighted by Crippen LogP contribution is -2.43. The third-order valence-electron chi connectivity index (χ3n) is 6.39. The molecule has 6 nitrogen and oxygen atoms in total. The summed E-state index contributed by atoms with van der Waals surface area (Å²) in [5.74, 6) is 0. The molecule has 1 fully saturated rings. The van der Waals surface area contributed by atoms with Crippen molar-refractivity contribution < 1.29 is 4.79 Å². The quantitative estimate of drug-likeness (QED) is 0.484. The molecular weight excluding hydrogens is 410 g/mol. The molecule has 0 radical (unpaired) electrons. The highest BCUT2D eigenvalue weighted by atomic mass is 16.1. The first-order chi connectivity index (χ1) is 16.1. The summed E-state index contributed by atoms with van der Waals surface area (Å²) in [5.41, 5.74) is 6.04. The van der Waals surface area contributed by atoms with Crippen LogP contribution < -0.4 is 5.49 Å². The van der Waals surface area contributed by atoms with Crippen molar-refractivity contribution in [2.75, 3.05) is 33.2 Å². The van der Waals surface area contributed by atoms with Gasteiger partial charge in [-0.25, -0.2) is 4.98 Å². The van der Waals surface area contributed by atoms with Gasteiger partial charge in [0.25, 0.3) is 0 Å². The average Bonchev–Trinajstić information content (AvgIpc) is 2.86. The molecule has 0 aliphatic carbocycles. The van der Waals surface area contributed by atoms with Crippen LogP contribution in [0.2, 0.25) is 0 Å². The van der Waals surface area contributed by atoms with E-state index in [2.05, 4.69) is 53.2 Å². The summed E-state index contributed by atoms with van der Waals surface area (Å²) in [6.45, 7) is 5.37. The molecule has 0 bridgehead atoms. The molecule has 1 aliphatic heterocycles. The van der Waals surface area contributed by atoms with Gasteiger partial charge in [0.1, 0.15) is 5.49 Å². The second-order valence-electron chi connectivity index (χ2n) is 8.64. The highest BCUT2D eigenvalue weighted by Gasteiger charge is 2.15. The van der Waals surface area contributed by atoms with Crippen LogP contribution in [0.15, 0.2) is 72.9 Å². The first kappa shape index (κ1) is 21.2. The fourth-order valence-electron chi connectivity index (χ4n) is 4.39. The number of fused-ring (bicyclic) bond motifs is 1. The van der Waals surface area contributed by atoms with Crippen LogP contribution in [0.1, 0.15) is 5.56 Å². The number of nitrogens with one attached hydrogen (secondary N) is 1. The number of likely N-dealkylation sites (N-methyl/N-ethyl adjacent to an activating group) is 1. The van der Waals surface area contributed by atoms with Gasteiger partial charge in [0, 0.05) is 55.4 Å². The van der Waals surface area contributed by atoms with E-state index in [9.17, 15) is 4.79 Å². The SMILES string of the molecule is CN1CCN(Cc2ccc(-c3nc4ccn(C=O)c(=N)c4cc3-c3ccccc3)cc2)CC1. The van der Waals surface area contributed by atoms with Crippen molar-refractivity contribution in [3.05, 3.63) is 84.0 Å². The Labute approximate surface area is 193 Å². The third kappa shape index (κ3) is 4.35. The second-order valence-corrected chi connectivity index (χ2v) is 8.64. The summed E-state index contributed by atoms with van der Waals surface area (Å²) in [4.78, 5) is 21.1. The molecule has 0 unspecified atom stereocenters. The third-order valence-corrected chi connectivity index (χ3v) is 6.39. The van der Waals surface area contributed by atoms with Crippen molar-refractivity contribution in [2.45, 2.75) is 6.54 Å². The Hall–Kier alpha value is -3.61. The topological polar surface area (TPSA) is 65.2 Å². The summed E-state index contributed by atoms with van der Waals surface area (Å²) in [6.07, 6.45) is 2.24. The lowest BCUT2D eigenvalue weighted by Gasteiger charge is -2.32. The number of hydrogen-bond donors (Lipinski definition) is 1. The first-order valence-electron chi connectivity index (χ1n) is 11.2. The van der Waals surface area contributed by atoms with Gasteiger partial charge in [0.2, 0.25) is 6.41 Å². The lowest BCUT2D eigenvalue weighted by molar-refractivity contribution is 0.148. The monoisotopic (exact) mass is 437 g/mol. The number of carbonyl (C=O) groups is 1. The van der Waals surface area contributed by atoms with Gasteiger partial charge in [-0.05, 0) is 30.3 Å². The molecule has 1 N–H and O–H groups in total. The molecular formula is C27H27N5O. The standard InChI is InChI=1S/C27H27N5O/c1-30-13-15-31(16-14-30)18-20-7-9-22(10-8-20)26-23(21-5-3-2-4-6-21)17-24-25(29-26)11-12-32(19-33)27(24)28/h2-12,17,19,28H,13-16,18H2,1H3. The van der Waals surface area contributed by atoms with Crippen molar-refractivity contribution in [3.63, 3.8) is 0 Å². The number of hydrogen-bond acceptors (Lipinski definition) is 5. The van der Waals surface area contributed by atoms with Crippen molar-refractivity contribution >= 4 is 17.3 Å². The maximum absolute atomic E-state index is 11.3. The van der Waals surface area contributed by atoms with Gasteiger partial charge in [-0.3, -0.25) is 19.7 Å². The van der Waals surface area contributed by atoms with E-state index in [1.54, 1.807) is 12.3 Å². The average molecular weight is 438 g/mol. The number of pyridine rings is 2. The van der Waals surface area contributed by atoms with Crippen LogP contribution in [-0.2, 0) is 11.3 Å². The molecule has 5 rings (SSSR count). The molecule has 4 aromatic rings. The minimum absolute atomic E-state index is 0.140. The van der Waals surface area contributed by atoms with E-state index in [0.29, 0.717) is 17.3 Å². The summed E-state index contributed by atoms with van der Waals surface area (Å²) < 4.78 is 1.27. The van der Waals surface area contributed by atoms with Gasteiger partial charge < -0.3 is 4.90 Å². The van der Waals surface area contributed by atoms with Crippen LogP contribution in [0.5, 0.6) is 0 Å². The normalized spacial score (nSPS) is 15.1. The molecule has 0 amide bonds.